The molecule has 8 heteroatoms. The van der Waals surface area contributed by atoms with Crippen LogP contribution in [0, 0.1) is 5.82 Å². The smallest absolute Gasteiger partial charge is 0.254 e. The highest BCUT2D eigenvalue weighted by atomic mass is 32.1. The zero-order valence-corrected chi connectivity index (χ0v) is 20.5. The molecule has 1 aromatic heterocycles. The van der Waals surface area contributed by atoms with Crippen LogP contribution < -0.4 is 4.74 Å². The number of hydrogen-bond acceptors (Lipinski definition) is 5. The van der Waals surface area contributed by atoms with Gasteiger partial charge in [0.05, 0.1) is 6.04 Å². The number of ether oxygens (including phenoxy) is 2. The Balaban J connectivity index is 1.52. The second-order valence-corrected chi connectivity index (χ2v) is 9.33. The highest BCUT2D eigenvalue weighted by Crippen LogP contribution is 2.34. The molecule has 2 amide bonds. The second-order valence-electron chi connectivity index (χ2n) is 8.33. The Hall–Kier alpha value is -3.23. The van der Waals surface area contributed by atoms with Crippen molar-refractivity contribution >= 4 is 23.2 Å². The molecule has 4 rings (SSSR count). The zero-order chi connectivity index (χ0) is 24.6. The van der Waals surface area contributed by atoms with Gasteiger partial charge in [0.15, 0.2) is 11.6 Å². The van der Waals surface area contributed by atoms with Gasteiger partial charge in [-0.05, 0) is 54.1 Å². The van der Waals surface area contributed by atoms with Crippen molar-refractivity contribution in [2.24, 2.45) is 0 Å². The van der Waals surface area contributed by atoms with Gasteiger partial charge in [0.25, 0.3) is 5.91 Å². The minimum Gasteiger partial charge on any atom is -0.488 e. The largest absolute Gasteiger partial charge is 0.488 e. The molecule has 35 heavy (non-hydrogen) atoms. The third-order valence-electron chi connectivity index (χ3n) is 6.06. The van der Waals surface area contributed by atoms with Gasteiger partial charge in [-0.2, -0.15) is 0 Å². The van der Waals surface area contributed by atoms with Gasteiger partial charge in [-0.25, -0.2) is 4.39 Å². The summed E-state index contributed by atoms with van der Waals surface area (Å²) in [5, 5.41) is 2.00. The molecule has 1 aliphatic heterocycles. The number of hydrogen-bond donors (Lipinski definition) is 0. The van der Waals surface area contributed by atoms with Crippen LogP contribution in [0.25, 0.3) is 0 Å². The summed E-state index contributed by atoms with van der Waals surface area (Å²) in [6.45, 7) is 1.50. The monoisotopic (exact) mass is 496 g/mol. The van der Waals surface area contributed by atoms with E-state index in [1.807, 2.05) is 17.5 Å². The van der Waals surface area contributed by atoms with Crippen molar-refractivity contribution in [1.29, 1.82) is 0 Å². The van der Waals surface area contributed by atoms with Gasteiger partial charge >= 0.3 is 0 Å². The fraction of sp³-hybridized carbons (Fsp3) is 0.333. The van der Waals surface area contributed by atoms with E-state index in [9.17, 15) is 14.0 Å². The normalized spacial score (nSPS) is 14.9. The lowest BCUT2D eigenvalue weighted by Crippen LogP contribution is -2.48. The number of nitrogens with zero attached hydrogens (tertiary/aromatic N) is 2. The number of carbonyl (C=O) groups is 2. The molecule has 1 unspecified atom stereocenters. The number of amides is 2. The van der Waals surface area contributed by atoms with E-state index < -0.39 is 5.82 Å². The van der Waals surface area contributed by atoms with Gasteiger partial charge < -0.3 is 19.3 Å². The summed E-state index contributed by atoms with van der Waals surface area (Å²) in [5.74, 6) is -0.639. The number of para-hydroxylation sites is 1. The molecule has 0 aliphatic carbocycles. The summed E-state index contributed by atoms with van der Waals surface area (Å²) in [6.07, 6.45) is 1.36. The summed E-state index contributed by atoms with van der Waals surface area (Å²) < 4.78 is 25.1. The summed E-state index contributed by atoms with van der Waals surface area (Å²) in [6, 6.07) is 16.9. The second kappa shape index (κ2) is 12.0. The van der Waals surface area contributed by atoms with Crippen LogP contribution >= 0.6 is 11.3 Å². The quantitative estimate of drug-likeness (QED) is 0.386. The van der Waals surface area contributed by atoms with Gasteiger partial charge in [0.2, 0.25) is 5.91 Å². The van der Waals surface area contributed by atoms with E-state index in [-0.39, 0.29) is 36.8 Å². The first-order valence-corrected chi connectivity index (χ1v) is 12.5. The van der Waals surface area contributed by atoms with Gasteiger partial charge in [0, 0.05) is 37.2 Å². The maximum Gasteiger partial charge on any atom is 0.254 e. The molecule has 3 aromatic rings. The Labute approximate surface area is 208 Å². The molecule has 6 nitrogen and oxygen atoms in total. The van der Waals surface area contributed by atoms with E-state index in [1.165, 1.54) is 10.9 Å². The SMILES string of the molecule is COCCCN(CC(=O)N1CCc2sccc2C1COc1ccccc1F)C(=O)c1ccccc1. The summed E-state index contributed by atoms with van der Waals surface area (Å²) in [7, 11) is 1.61. The predicted molar refractivity (Wildman–Crippen MR) is 133 cm³/mol. The van der Waals surface area contributed by atoms with Gasteiger partial charge in [0.1, 0.15) is 13.2 Å². The van der Waals surface area contributed by atoms with Crippen LogP contribution in [0.4, 0.5) is 4.39 Å². The van der Waals surface area contributed by atoms with Crippen LogP contribution in [-0.2, 0) is 16.0 Å². The minimum atomic E-state index is -0.440. The highest BCUT2D eigenvalue weighted by molar-refractivity contribution is 7.10. The summed E-state index contributed by atoms with van der Waals surface area (Å²) >= 11 is 1.65. The Kier molecular flexibility index (Phi) is 8.50. The molecule has 0 spiro atoms. The molecular formula is C27H29FN2O4S. The molecule has 1 aliphatic rings. The number of halogens is 1. The molecule has 0 saturated carbocycles. The lowest BCUT2D eigenvalue weighted by Gasteiger charge is -2.37. The summed E-state index contributed by atoms with van der Waals surface area (Å²) in [5.41, 5.74) is 1.56. The number of fused-ring (bicyclic) bond motifs is 1. The minimum absolute atomic E-state index is 0.0485. The Morgan fingerprint density at radius 3 is 2.66 bits per heavy atom. The molecule has 2 aromatic carbocycles. The average molecular weight is 497 g/mol. The molecule has 0 radical (unpaired) electrons. The fourth-order valence-electron chi connectivity index (χ4n) is 4.27. The molecule has 1 atom stereocenters. The summed E-state index contributed by atoms with van der Waals surface area (Å²) in [4.78, 5) is 31.3. The van der Waals surface area contributed by atoms with Crippen molar-refractivity contribution in [2.45, 2.75) is 18.9 Å². The molecule has 0 bridgehead atoms. The zero-order valence-electron chi connectivity index (χ0n) is 19.7. The van der Waals surface area contributed by atoms with Crippen LogP contribution in [0.3, 0.4) is 0 Å². The van der Waals surface area contributed by atoms with E-state index in [1.54, 1.807) is 70.7 Å². The van der Waals surface area contributed by atoms with Crippen LogP contribution in [0.15, 0.2) is 66.0 Å². The topological polar surface area (TPSA) is 59.1 Å². The van der Waals surface area contributed by atoms with Gasteiger partial charge in [-0.1, -0.05) is 30.3 Å². The number of thiophene rings is 1. The Morgan fingerprint density at radius 2 is 1.89 bits per heavy atom. The van der Waals surface area contributed by atoms with Crippen LogP contribution in [0.1, 0.15) is 33.3 Å². The Morgan fingerprint density at radius 1 is 1.11 bits per heavy atom. The van der Waals surface area contributed by atoms with Crippen molar-refractivity contribution in [2.75, 3.05) is 40.0 Å². The number of carbonyl (C=O) groups excluding carboxylic acids is 2. The van der Waals surface area contributed by atoms with Gasteiger partial charge in [-0.3, -0.25) is 9.59 Å². The number of benzene rings is 2. The maximum atomic E-state index is 14.1. The third-order valence-corrected chi connectivity index (χ3v) is 7.06. The van der Waals surface area contributed by atoms with Crippen molar-refractivity contribution in [1.82, 2.24) is 9.80 Å². The molecule has 0 saturated heterocycles. The van der Waals surface area contributed by atoms with E-state index >= 15 is 0 Å². The molecular weight excluding hydrogens is 467 g/mol. The van der Waals surface area contributed by atoms with E-state index in [0.29, 0.717) is 31.7 Å². The van der Waals surface area contributed by atoms with Crippen molar-refractivity contribution in [3.63, 3.8) is 0 Å². The van der Waals surface area contributed by atoms with Crippen LogP contribution in [0.2, 0.25) is 0 Å². The maximum absolute atomic E-state index is 14.1. The molecule has 0 N–H and O–H groups in total. The number of methoxy groups -OCH3 is 1. The number of rotatable bonds is 10. The van der Waals surface area contributed by atoms with Crippen LogP contribution in [-0.4, -0.2) is 61.6 Å². The molecule has 184 valence electrons. The van der Waals surface area contributed by atoms with Crippen molar-refractivity contribution in [3.05, 3.63) is 87.9 Å². The molecule has 0 fully saturated rings. The van der Waals surface area contributed by atoms with Crippen molar-refractivity contribution in [3.8, 4) is 5.75 Å². The first kappa shape index (κ1) is 24.9. The first-order chi connectivity index (χ1) is 17.1. The molecule has 2 heterocycles. The third kappa shape index (κ3) is 6.07. The first-order valence-electron chi connectivity index (χ1n) is 11.6. The van der Waals surface area contributed by atoms with E-state index in [4.69, 9.17) is 9.47 Å². The fourth-order valence-corrected chi connectivity index (χ4v) is 5.20. The van der Waals surface area contributed by atoms with Crippen molar-refractivity contribution < 1.29 is 23.5 Å². The average Bonchev–Trinajstić information content (AvgIpc) is 3.37. The van der Waals surface area contributed by atoms with Gasteiger partial charge in [-0.15, -0.1) is 11.3 Å². The van der Waals surface area contributed by atoms with E-state index in [2.05, 4.69) is 0 Å². The van der Waals surface area contributed by atoms with Crippen LogP contribution in [0.5, 0.6) is 5.75 Å². The van der Waals surface area contributed by atoms with E-state index in [0.717, 1.165) is 12.0 Å². The highest BCUT2D eigenvalue weighted by Gasteiger charge is 2.33. The lowest BCUT2D eigenvalue weighted by atomic mass is 10.0. The lowest BCUT2D eigenvalue weighted by molar-refractivity contribution is -0.135. The Bertz CT molecular complexity index is 1140. The standard InChI is InChI=1S/C27H29FN2O4S/c1-33-16-7-14-29(27(32)20-8-3-2-4-9-20)18-26(31)30-15-12-25-21(13-17-35-25)23(30)19-34-24-11-6-5-10-22(24)28/h2-6,8-11,13,17,23H,7,12,14-16,18-19H2,1H3. The predicted octanol–water partition coefficient (Wildman–Crippen LogP) is 4.57.